The molecular weight excluding hydrogens is 1230 g/mol. The number of ether oxygens (including phenoxy) is 4. The molecule has 0 amide bonds. The molecule has 17 nitrogen and oxygen atoms in total. The van der Waals surface area contributed by atoms with Gasteiger partial charge in [0.15, 0.2) is 12.2 Å². The number of carbonyl (C=O) groups is 4. The van der Waals surface area contributed by atoms with E-state index in [0.29, 0.717) is 37.5 Å². The minimum absolute atomic E-state index is 0.102. The van der Waals surface area contributed by atoms with Crippen molar-refractivity contribution in [1.82, 2.24) is 0 Å². The van der Waals surface area contributed by atoms with E-state index in [0.717, 1.165) is 108 Å². The first-order chi connectivity index (χ1) is 45.1. The molecule has 0 spiro atoms. The van der Waals surface area contributed by atoms with E-state index < -0.39 is 97.5 Å². The lowest BCUT2D eigenvalue weighted by Crippen LogP contribution is -2.30. The number of phosphoric ester groups is 2. The van der Waals surface area contributed by atoms with Crippen LogP contribution < -0.4 is 0 Å². The molecule has 0 radical (unpaired) electrons. The average Bonchev–Trinajstić information content (AvgIpc) is 2.67. The molecule has 0 saturated heterocycles. The van der Waals surface area contributed by atoms with Crippen LogP contribution in [0, 0.1) is 23.7 Å². The van der Waals surface area contributed by atoms with E-state index in [9.17, 15) is 43.2 Å². The van der Waals surface area contributed by atoms with Crippen LogP contribution in [0.25, 0.3) is 0 Å². The Morgan fingerprint density at radius 2 is 0.511 bits per heavy atom. The van der Waals surface area contributed by atoms with Crippen molar-refractivity contribution in [2.45, 2.75) is 395 Å². The van der Waals surface area contributed by atoms with Crippen molar-refractivity contribution >= 4 is 39.5 Å². The molecule has 0 aromatic heterocycles. The maximum Gasteiger partial charge on any atom is 0.472 e. The first kappa shape index (κ1) is 92.1. The summed E-state index contributed by atoms with van der Waals surface area (Å²) in [7, 11) is -9.91. The highest BCUT2D eigenvalue weighted by Gasteiger charge is 2.30. The molecule has 3 N–H and O–H groups in total. The predicted molar refractivity (Wildman–Crippen MR) is 381 cm³/mol. The van der Waals surface area contributed by atoms with E-state index in [4.69, 9.17) is 37.0 Å². The smallest absolute Gasteiger partial charge is 0.462 e. The number of carbonyl (C=O) groups excluding carboxylic acids is 4. The molecule has 19 heteroatoms. The summed E-state index contributed by atoms with van der Waals surface area (Å²) in [5.41, 5.74) is 0. The highest BCUT2D eigenvalue weighted by atomic mass is 31.2. The summed E-state index contributed by atoms with van der Waals surface area (Å²) in [6, 6.07) is 0. The van der Waals surface area contributed by atoms with Gasteiger partial charge < -0.3 is 33.8 Å². The van der Waals surface area contributed by atoms with E-state index in [1.165, 1.54) is 173 Å². The van der Waals surface area contributed by atoms with Crippen LogP contribution in [-0.2, 0) is 65.4 Å². The van der Waals surface area contributed by atoms with Gasteiger partial charge in [-0.05, 0) is 49.4 Å². The van der Waals surface area contributed by atoms with Gasteiger partial charge in [-0.1, -0.05) is 325 Å². The molecule has 0 fully saturated rings. The summed E-state index contributed by atoms with van der Waals surface area (Å²) in [6.45, 7) is 14.1. The van der Waals surface area contributed by atoms with E-state index >= 15 is 0 Å². The number of rotatable bonds is 72. The number of hydrogen-bond acceptors (Lipinski definition) is 15. The number of unbranched alkanes of at least 4 members (excludes halogenated alkanes) is 37. The van der Waals surface area contributed by atoms with Crippen LogP contribution in [0.5, 0.6) is 0 Å². The second kappa shape index (κ2) is 64.4. The third-order valence-electron chi connectivity index (χ3n) is 17.7. The van der Waals surface area contributed by atoms with Crippen molar-refractivity contribution in [3.05, 3.63) is 0 Å². The average molecular weight is 1380 g/mol. The molecule has 0 saturated carbocycles. The Kier molecular flexibility index (Phi) is 63.1. The molecule has 0 aliphatic rings. The van der Waals surface area contributed by atoms with Crippen LogP contribution in [0.3, 0.4) is 0 Å². The third kappa shape index (κ3) is 67.3. The van der Waals surface area contributed by atoms with Crippen LogP contribution in [0.1, 0.15) is 376 Å². The molecule has 0 aliphatic heterocycles. The Balaban J connectivity index is 5.14. The monoisotopic (exact) mass is 1380 g/mol. The van der Waals surface area contributed by atoms with E-state index in [1.54, 1.807) is 0 Å². The molecular formula is C75H146O17P2. The minimum Gasteiger partial charge on any atom is -0.462 e. The van der Waals surface area contributed by atoms with Gasteiger partial charge in [0.25, 0.3) is 0 Å². The lowest BCUT2D eigenvalue weighted by molar-refractivity contribution is -0.161. The van der Waals surface area contributed by atoms with Gasteiger partial charge in [-0.25, -0.2) is 9.13 Å². The molecule has 4 unspecified atom stereocenters. The zero-order valence-corrected chi connectivity index (χ0v) is 63.4. The topological polar surface area (TPSA) is 237 Å². The van der Waals surface area contributed by atoms with E-state index in [-0.39, 0.29) is 25.7 Å². The molecule has 0 rings (SSSR count). The Labute approximate surface area is 575 Å². The zero-order valence-electron chi connectivity index (χ0n) is 61.6. The fourth-order valence-electron chi connectivity index (χ4n) is 11.3. The Morgan fingerprint density at radius 1 is 0.298 bits per heavy atom. The number of hydrogen-bond donors (Lipinski definition) is 3. The van der Waals surface area contributed by atoms with Gasteiger partial charge in [-0.2, -0.15) is 0 Å². The van der Waals surface area contributed by atoms with Crippen LogP contribution in [-0.4, -0.2) is 96.7 Å². The summed E-state index contributed by atoms with van der Waals surface area (Å²) in [6.07, 6.45) is 48.9. The van der Waals surface area contributed by atoms with Crippen molar-refractivity contribution < 1.29 is 80.2 Å². The quantitative estimate of drug-likeness (QED) is 0.0222. The van der Waals surface area contributed by atoms with Crippen molar-refractivity contribution in [1.29, 1.82) is 0 Å². The van der Waals surface area contributed by atoms with Gasteiger partial charge in [0.05, 0.1) is 26.4 Å². The van der Waals surface area contributed by atoms with Gasteiger partial charge in [-0.15, -0.1) is 0 Å². The number of esters is 4. The van der Waals surface area contributed by atoms with E-state index in [2.05, 4.69) is 55.4 Å². The highest BCUT2D eigenvalue weighted by molar-refractivity contribution is 7.47. The first-order valence-electron chi connectivity index (χ1n) is 38.7. The van der Waals surface area contributed by atoms with Gasteiger partial charge >= 0.3 is 39.5 Å². The summed E-state index contributed by atoms with van der Waals surface area (Å²) >= 11 is 0. The normalized spacial score (nSPS) is 14.4. The molecule has 0 aliphatic carbocycles. The Morgan fingerprint density at radius 3 is 0.755 bits per heavy atom. The largest absolute Gasteiger partial charge is 0.472 e. The van der Waals surface area contributed by atoms with Crippen LogP contribution >= 0.6 is 15.6 Å². The standard InChI is InChI=1S/C75H146O17P2/c1-9-68(8)54-46-38-30-22-18-16-14-12-10-11-13-15-17-19-23-31-39-47-55-72(77)85-61-70(91-74(79)57-49-41-32-24-20-21-27-35-43-51-65(2)3)63-89-93(81,82)87-59-69(76)60-88-94(83,84)90-64-71(92-75(80)58-50-42-34-26-29-37-45-53-67(6)7)62-86-73(78)56-48-40-33-25-28-36-44-52-66(4)5/h65-71,76H,9-64H2,1-8H3,(H,81,82)(H,83,84)/t68?,69?,70-,71-/m1/s1. The second-order valence-electron chi connectivity index (χ2n) is 28.7. The third-order valence-corrected chi connectivity index (χ3v) is 19.6. The van der Waals surface area contributed by atoms with Crippen molar-refractivity contribution in [2.24, 2.45) is 23.7 Å². The van der Waals surface area contributed by atoms with Crippen LogP contribution in [0.4, 0.5) is 0 Å². The molecule has 0 bridgehead atoms. The highest BCUT2D eigenvalue weighted by Crippen LogP contribution is 2.45. The van der Waals surface area contributed by atoms with Gasteiger partial charge in [-0.3, -0.25) is 37.3 Å². The molecule has 0 aromatic carbocycles. The van der Waals surface area contributed by atoms with Crippen molar-refractivity contribution in [3.63, 3.8) is 0 Å². The Bertz CT molecular complexity index is 1850. The molecule has 6 atom stereocenters. The maximum absolute atomic E-state index is 13.1. The maximum atomic E-state index is 13.1. The van der Waals surface area contributed by atoms with E-state index in [1.807, 2.05) is 0 Å². The molecule has 94 heavy (non-hydrogen) atoms. The number of phosphoric acid groups is 2. The lowest BCUT2D eigenvalue weighted by Gasteiger charge is -2.21. The summed E-state index contributed by atoms with van der Waals surface area (Å²) < 4.78 is 68.4. The fourth-order valence-corrected chi connectivity index (χ4v) is 12.9. The van der Waals surface area contributed by atoms with Crippen molar-refractivity contribution in [2.75, 3.05) is 39.6 Å². The summed E-state index contributed by atoms with van der Waals surface area (Å²) in [5.74, 6) is 0.883. The van der Waals surface area contributed by atoms with Gasteiger partial charge in [0, 0.05) is 25.7 Å². The first-order valence-corrected chi connectivity index (χ1v) is 41.7. The van der Waals surface area contributed by atoms with Crippen LogP contribution in [0.15, 0.2) is 0 Å². The SMILES string of the molecule is CCC(C)CCCCCCCCCCCCCCCCCCCCC(=O)OC[C@H](COP(=O)(O)OCC(O)COP(=O)(O)OC[C@@H](COC(=O)CCCCCCCCCC(C)C)OC(=O)CCCCCCCCCC(C)C)OC(=O)CCCCCCCCCCCC(C)C. The van der Waals surface area contributed by atoms with Crippen LogP contribution in [0.2, 0.25) is 0 Å². The molecule has 0 heterocycles. The number of aliphatic hydroxyl groups excluding tert-OH is 1. The lowest BCUT2D eigenvalue weighted by atomic mass is 9.99. The summed E-state index contributed by atoms with van der Waals surface area (Å²) in [5, 5.41) is 10.6. The Hall–Kier alpha value is -1.94. The fraction of sp³-hybridized carbons (Fsp3) is 0.947. The predicted octanol–water partition coefficient (Wildman–Crippen LogP) is 21.7. The van der Waals surface area contributed by atoms with Crippen molar-refractivity contribution in [3.8, 4) is 0 Å². The minimum atomic E-state index is -4.96. The van der Waals surface area contributed by atoms with Gasteiger partial charge in [0.1, 0.15) is 19.3 Å². The number of aliphatic hydroxyl groups is 1. The van der Waals surface area contributed by atoms with Gasteiger partial charge in [0.2, 0.25) is 0 Å². The summed E-state index contributed by atoms with van der Waals surface area (Å²) in [4.78, 5) is 72.6. The zero-order chi connectivity index (χ0) is 69.6. The molecule has 0 aromatic rings. The second-order valence-corrected chi connectivity index (χ2v) is 31.6. The molecule has 558 valence electrons.